The van der Waals surface area contributed by atoms with Crippen LogP contribution in [0.5, 0.6) is 11.6 Å². The molecule has 1 heterocycles. The third-order valence-corrected chi connectivity index (χ3v) is 5.14. The van der Waals surface area contributed by atoms with Crippen LogP contribution in [0.1, 0.15) is 58.2 Å². The van der Waals surface area contributed by atoms with Gasteiger partial charge in [0, 0.05) is 23.0 Å². The van der Waals surface area contributed by atoms with E-state index >= 15 is 0 Å². The first kappa shape index (κ1) is 22.5. The zero-order valence-corrected chi connectivity index (χ0v) is 19.3. The fourth-order valence-electron chi connectivity index (χ4n) is 3.36. The van der Waals surface area contributed by atoms with Gasteiger partial charge in [0.1, 0.15) is 5.75 Å². The molecular weight excluding hydrogens is 384 g/mol. The number of para-hydroxylation sites is 1. The van der Waals surface area contributed by atoms with E-state index in [1.807, 2.05) is 42.5 Å². The van der Waals surface area contributed by atoms with Crippen LogP contribution < -0.4 is 10.1 Å². The van der Waals surface area contributed by atoms with Gasteiger partial charge in [0.2, 0.25) is 11.8 Å². The van der Waals surface area contributed by atoms with Gasteiger partial charge in [-0.2, -0.15) is 0 Å². The molecule has 1 aromatic heterocycles. The fourth-order valence-corrected chi connectivity index (χ4v) is 3.36. The SMILES string of the molecule is CC(C)(C)c1ccc(NC(=O)Cc2cccnc2Oc2ccccc2C(C)(C)C)cc1. The van der Waals surface area contributed by atoms with Crippen LogP contribution >= 0.6 is 0 Å². The minimum absolute atomic E-state index is 0.0673. The average molecular weight is 417 g/mol. The Morgan fingerprint density at radius 1 is 0.871 bits per heavy atom. The van der Waals surface area contributed by atoms with Crippen molar-refractivity contribution >= 4 is 11.6 Å². The summed E-state index contributed by atoms with van der Waals surface area (Å²) in [5, 5.41) is 2.97. The molecule has 1 amide bonds. The zero-order chi connectivity index (χ0) is 22.6. The molecule has 0 bridgehead atoms. The van der Waals surface area contributed by atoms with E-state index in [-0.39, 0.29) is 23.2 Å². The monoisotopic (exact) mass is 416 g/mol. The largest absolute Gasteiger partial charge is 0.438 e. The second-order valence-corrected chi connectivity index (χ2v) is 9.87. The number of aromatic nitrogens is 1. The van der Waals surface area contributed by atoms with Crippen LogP contribution in [0.25, 0.3) is 0 Å². The molecule has 0 radical (unpaired) electrons. The van der Waals surface area contributed by atoms with Gasteiger partial charge in [-0.05, 0) is 40.7 Å². The van der Waals surface area contributed by atoms with E-state index in [4.69, 9.17) is 4.74 Å². The molecule has 0 aliphatic rings. The summed E-state index contributed by atoms with van der Waals surface area (Å²) in [5.74, 6) is 1.11. The number of amides is 1. The van der Waals surface area contributed by atoms with Crippen LogP contribution in [0.15, 0.2) is 66.9 Å². The van der Waals surface area contributed by atoms with Gasteiger partial charge < -0.3 is 10.1 Å². The predicted molar refractivity (Wildman–Crippen MR) is 127 cm³/mol. The highest BCUT2D eigenvalue weighted by molar-refractivity contribution is 5.92. The number of nitrogens with one attached hydrogen (secondary N) is 1. The Hall–Kier alpha value is -3.14. The van der Waals surface area contributed by atoms with E-state index in [0.29, 0.717) is 5.88 Å². The number of hydrogen-bond donors (Lipinski definition) is 1. The van der Waals surface area contributed by atoms with Crippen molar-refractivity contribution in [3.05, 3.63) is 83.6 Å². The highest BCUT2D eigenvalue weighted by Gasteiger charge is 2.20. The van der Waals surface area contributed by atoms with E-state index < -0.39 is 0 Å². The van der Waals surface area contributed by atoms with Crippen molar-refractivity contribution in [1.29, 1.82) is 0 Å². The summed E-state index contributed by atoms with van der Waals surface area (Å²) in [5.41, 5.74) is 3.86. The summed E-state index contributed by atoms with van der Waals surface area (Å²) in [4.78, 5) is 17.1. The number of carbonyl (C=O) groups is 1. The van der Waals surface area contributed by atoms with Gasteiger partial charge in [0.25, 0.3) is 0 Å². The molecule has 162 valence electrons. The first-order valence-electron chi connectivity index (χ1n) is 10.7. The van der Waals surface area contributed by atoms with Gasteiger partial charge in [-0.3, -0.25) is 4.79 Å². The molecular formula is C27H32N2O2. The summed E-state index contributed by atoms with van der Waals surface area (Å²) in [6, 6.07) is 19.6. The van der Waals surface area contributed by atoms with Crippen molar-refractivity contribution in [2.75, 3.05) is 5.32 Å². The van der Waals surface area contributed by atoms with E-state index in [2.05, 4.69) is 70.0 Å². The van der Waals surface area contributed by atoms with E-state index in [0.717, 1.165) is 22.6 Å². The summed E-state index contributed by atoms with van der Waals surface area (Å²) in [7, 11) is 0. The predicted octanol–water partition coefficient (Wildman–Crippen LogP) is 6.65. The number of ether oxygens (including phenoxy) is 1. The van der Waals surface area contributed by atoms with Crippen molar-refractivity contribution in [3.8, 4) is 11.6 Å². The van der Waals surface area contributed by atoms with E-state index in [1.165, 1.54) is 5.56 Å². The van der Waals surface area contributed by atoms with E-state index in [9.17, 15) is 4.79 Å². The molecule has 3 rings (SSSR count). The van der Waals surface area contributed by atoms with Crippen LogP contribution in [-0.2, 0) is 22.0 Å². The number of anilines is 1. The molecule has 0 atom stereocenters. The van der Waals surface area contributed by atoms with Gasteiger partial charge in [-0.1, -0.05) is 77.9 Å². The van der Waals surface area contributed by atoms with Gasteiger partial charge in [0.05, 0.1) is 6.42 Å². The quantitative estimate of drug-likeness (QED) is 0.506. The summed E-state index contributed by atoms with van der Waals surface area (Å²) in [6.07, 6.45) is 1.86. The summed E-state index contributed by atoms with van der Waals surface area (Å²) >= 11 is 0. The smallest absolute Gasteiger partial charge is 0.229 e. The Morgan fingerprint density at radius 3 is 2.19 bits per heavy atom. The Kier molecular flexibility index (Phi) is 6.49. The van der Waals surface area contributed by atoms with Crippen molar-refractivity contribution in [2.24, 2.45) is 0 Å². The highest BCUT2D eigenvalue weighted by Crippen LogP contribution is 2.34. The second kappa shape index (κ2) is 8.93. The number of benzene rings is 2. The lowest BCUT2D eigenvalue weighted by atomic mass is 9.86. The van der Waals surface area contributed by atoms with Gasteiger partial charge >= 0.3 is 0 Å². The molecule has 0 saturated heterocycles. The fraction of sp³-hybridized carbons (Fsp3) is 0.333. The maximum Gasteiger partial charge on any atom is 0.229 e. The standard InChI is InChI=1S/C27H32N2O2/c1-26(2,3)20-13-15-21(16-14-20)29-24(30)18-19-10-9-17-28-25(19)31-23-12-8-7-11-22(23)27(4,5)6/h7-17H,18H2,1-6H3,(H,29,30). The zero-order valence-electron chi connectivity index (χ0n) is 19.3. The lowest BCUT2D eigenvalue weighted by Gasteiger charge is -2.22. The minimum atomic E-state index is -0.106. The Balaban J connectivity index is 1.75. The summed E-state index contributed by atoms with van der Waals surface area (Å²) in [6.45, 7) is 12.9. The third kappa shape index (κ3) is 5.94. The number of nitrogens with zero attached hydrogens (tertiary/aromatic N) is 1. The Bertz CT molecular complexity index is 1040. The molecule has 4 heteroatoms. The molecule has 4 nitrogen and oxygen atoms in total. The van der Waals surface area contributed by atoms with Gasteiger partial charge in [-0.25, -0.2) is 4.98 Å². The van der Waals surface area contributed by atoms with Crippen LogP contribution in [0.2, 0.25) is 0 Å². The molecule has 1 N–H and O–H groups in total. The van der Waals surface area contributed by atoms with Crippen LogP contribution in [0, 0.1) is 0 Å². The first-order chi connectivity index (χ1) is 14.5. The van der Waals surface area contributed by atoms with Crippen LogP contribution in [0.4, 0.5) is 5.69 Å². The second-order valence-electron chi connectivity index (χ2n) is 9.87. The highest BCUT2D eigenvalue weighted by atomic mass is 16.5. The number of carbonyl (C=O) groups excluding carboxylic acids is 1. The maximum absolute atomic E-state index is 12.7. The minimum Gasteiger partial charge on any atom is -0.438 e. The summed E-state index contributed by atoms with van der Waals surface area (Å²) < 4.78 is 6.18. The lowest BCUT2D eigenvalue weighted by Crippen LogP contribution is -2.16. The third-order valence-electron chi connectivity index (χ3n) is 5.14. The van der Waals surface area contributed by atoms with Gasteiger partial charge in [-0.15, -0.1) is 0 Å². The van der Waals surface area contributed by atoms with Crippen molar-refractivity contribution in [2.45, 2.75) is 58.8 Å². The molecule has 0 fully saturated rings. The molecule has 0 aliphatic heterocycles. The van der Waals surface area contributed by atoms with Crippen LogP contribution in [0.3, 0.4) is 0 Å². The Labute approximate surface area is 185 Å². The van der Waals surface area contributed by atoms with Crippen molar-refractivity contribution in [1.82, 2.24) is 4.98 Å². The molecule has 0 spiro atoms. The number of rotatable bonds is 5. The van der Waals surface area contributed by atoms with Crippen molar-refractivity contribution in [3.63, 3.8) is 0 Å². The normalized spacial score (nSPS) is 11.8. The molecule has 2 aromatic carbocycles. The maximum atomic E-state index is 12.7. The molecule has 0 saturated carbocycles. The van der Waals surface area contributed by atoms with E-state index in [1.54, 1.807) is 6.20 Å². The van der Waals surface area contributed by atoms with Crippen molar-refractivity contribution < 1.29 is 9.53 Å². The number of pyridine rings is 1. The van der Waals surface area contributed by atoms with Gasteiger partial charge in [0.15, 0.2) is 0 Å². The Morgan fingerprint density at radius 2 is 1.55 bits per heavy atom. The molecule has 3 aromatic rings. The lowest BCUT2D eigenvalue weighted by molar-refractivity contribution is -0.115. The first-order valence-corrected chi connectivity index (χ1v) is 10.7. The van der Waals surface area contributed by atoms with Crippen LogP contribution in [-0.4, -0.2) is 10.9 Å². The topological polar surface area (TPSA) is 51.2 Å². The molecule has 0 aliphatic carbocycles. The molecule has 0 unspecified atom stereocenters. The number of hydrogen-bond acceptors (Lipinski definition) is 3. The molecule has 31 heavy (non-hydrogen) atoms. The average Bonchev–Trinajstić information content (AvgIpc) is 2.69.